The fourth-order valence-electron chi connectivity index (χ4n) is 3.44. The molecule has 1 fully saturated rings. The highest BCUT2D eigenvalue weighted by Gasteiger charge is 2.35. The van der Waals surface area contributed by atoms with Crippen LogP contribution in [0.25, 0.3) is 0 Å². The van der Waals surface area contributed by atoms with Gasteiger partial charge in [-0.1, -0.05) is 0 Å². The van der Waals surface area contributed by atoms with Crippen LogP contribution in [0.3, 0.4) is 0 Å². The van der Waals surface area contributed by atoms with Crippen molar-refractivity contribution in [2.24, 2.45) is 0 Å². The summed E-state index contributed by atoms with van der Waals surface area (Å²) in [5.41, 5.74) is 0.592. The van der Waals surface area contributed by atoms with Crippen molar-refractivity contribution in [3.8, 4) is 0 Å². The van der Waals surface area contributed by atoms with Gasteiger partial charge in [-0.15, -0.1) is 0 Å². The molecule has 1 aliphatic heterocycles. The Kier molecular flexibility index (Phi) is 6.36. The smallest absolute Gasteiger partial charge is 0.370 e. The molecule has 0 atom stereocenters. The highest BCUT2D eigenvalue weighted by molar-refractivity contribution is 5.58. The maximum absolute atomic E-state index is 13.1. The number of likely N-dealkylation sites (tertiary alicyclic amines) is 1. The van der Waals surface area contributed by atoms with Crippen LogP contribution in [0.4, 0.5) is 30.6 Å². The van der Waals surface area contributed by atoms with Gasteiger partial charge in [0.2, 0.25) is 5.95 Å². The van der Waals surface area contributed by atoms with Gasteiger partial charge in [0.05, 0.1) is 30.2 Å². The molecule has 1 saturated heterocycles. The number of nitrogens with zero attached hydrogens (tertiary/aromatic N) is 5. The Bertz CT molecular complexity index is 844. The van der Waals surface area contributed by atoms with E-state index in [2.05, 4.69) is 30.6 Å². The van der Waals surface area contributed by atoms with Crippen LogP contribution in [-0.4, -0.2) is 57.1 Å². The molecule has 3 rings (SSSR count). The summed E-state index contributed by atoms with van der Waals surface area (Å²) in [4.78, 5) is 20.6. The van der Waals surface area contributed by atoms with E-state index < -0.39 is 11.7 Å². The largest absolute Gasteiger partial charge is 0.421 e. The molecular formula is C18H24F3N7O. The van der Waals surface area contributed by atoms with Gasteiger partial charge in [-0.05, 0) is 26.7 Å². The quantitative estimate of drug-likeness (QED) is 0.677. The molecule has 29 heavy (non-hydrogen) atoms. The summed E-state index contributed by atoms with van der Waals surface area (Å²) < 4.78 is 41.2. The van der Waals surface area contributed by atoms with Gasteiger partial charge in [0.25, 0.3) is 0 Å². The van der Waals surface area contributed by atoms with Crippen molar-refractivity contribution >= 4 is 23.7 Å². The van der Waals surface area contributed by atoms with Crippen LogP contribution >= 0.6 is 0 Å². The molecular weight excluding hydrogens is 387 g/mol. The molecule has 0 saturated carbocycles. The average Bonchev–Trinajstić information content (AvgIpc) is 3.03. The number of carbonyl (C=O) groups excluding carboxylic acids is 1. The van der Waals surface area contributed by atoms with Crippen molar-refractivity contribution < 1.29 is 18.0 Å². The monoisotopic (exact) mass is 411 g/mol. The standard InChI is InChI=1S/C18H24F3N7O/c1-3-22-16-14(18(19,20)21)10-23-17(26-16)25-15-11-24-28(12(15)2)13-4-6-27(7-5-13)8-9-29/h9-11,13H,3-8H2,1-2H3,(H2,22,23,25,26). The summed E-state index contributed by atoms with van der Waals surface area (Å²) in [6, 6.07) is 0.208. The van der Waals surface area contributed by atoms with Crippen molar-refractivity contribution in [2.75, 3.05) is 36.8 Å². The highest BCUT2D eigenvalue weighted by Crippen LogP contribution is 2.34. The SMILES string of the molecule is CCNc1nc(Nc2cnn(C3CCN(CC=O)CC3)c2C)ncc1C(F)(F)F. The Morgan fingerprint density at radius 1 is 1.28 bits per heavy atom. The maximum Gasteiger partial charge on any atom is 0.421 e. The number of halogens is 3. The molecule has 0 amide bonds. The van der Waals surface area contributed by atoms with E-state index in [0.29, 0.717) is 18.8 Å². The number of alkyl halides is 3. The topological polar surface area (TPSA) is 88.0 Å². The van der Waals surface area contributed by atoms with Gasteiger partial charge in [-0.3, -0.25) is 9.58 Å². The third-order valence-corrected chi connectivity index (χ3v) is 4.97. The predicted molar refractivity (Wildman–Crippen MR) is 102 cm³/mol. The Balaban J connectivity index is 1.75. The third kappa shape index (κ3) is 4.84. The van der Waals surface area contributed by atoms with Crippen molar-refractivity contribution in [3.05, 3.63) is 23.7 Å². The first-order valence-electron chi connectivity index (χ1n) is 9.48. The second-order valence-corrected chi connectivity index (χ2v) is 6.90. The lowest BCUT2D eigenvalue weighted by Gasteiger charge is -2.31. The summed E-state index contributed by atoms with van der Waals surface area (Å²) >= 11 is 0. The minimum Gasteiger partial charge on any atom is -0.370 e. The van der Waals surface area contributed by atoms with Gasteiger partial charge in [-0.25, -0.2) is 4.98 Å². The van der Waals surface area contributed by atoms with Crippen molar-refractivity contribution in [2.45, 2.75) is 38.9 Å². The summed E-state index contributed by atoms with van der Waals surface area (Å²) in [6.45, 7) is 5.97. The zero-order valence-electron chi connectivity index (χ0n) is 16.3. The highest BCUT2D eigenvalue weighted by atomic mass is 19.4. The first kappa shape index (κ1) is 21.0. The van der Waals surface area contributed by atoms with Crippen molar-refractivity contribution in [1.29, 1.82) is 0 Å². The van der Waals surface area contributed by atoms with Gasteiger partial charge >= 0.3 is 6.18 Å². The van der Waals surface area contributed by atoms with Crippen LogP contribution in [0, 0.1) is 6.92 Å². The number of hydrogen-bond acceptors (Lipinski definition) is 7. The third-order valence-electron chi connectivity index (χ3n) is 4.97. The van der Waals surface area contributed by atoms with Crippen LogP contribution < -0.4 is 10.6 Å². The van der Waals surface area contributed by atoms with E-state index in [-0.39, 0.29) is 17.8 Å². The number of aromatic nitrogens is 4. The summed E-state index contributed by atoms with van der Waals surface area (Å²) in [5, 5.41) is 10.0. The predicted octanol–water partition coefficient (Wildman–Crippen LogP) is 3.01. The van der Waals surface area contributed by atoms with Gasteiger partial charge < -0.3 is 15.4 Å². The minimum absolute atomic E-state index is 0.0670. The minimum atomic E-state index is -4.53. The van der Waals surface area contributed by atoms with E-state index in [9.17, 15) is 18.0 Å². The Morgan fingerprint density at radius 3 is 2.62 bits per heavy atom. The van der Waals surface area contributed by atoms with Crippen LogP contribution in [0.5, 0.6) is 0 Å². The zero-order chi connectivity index (χ0) is 21.0. The molecule has 2 N–H and O–H groups in total. The fraction of sp³-hybridized carbons (Fsp3) is 0.556. The molecule has 3 heterocycles. The van der Waals surface area contributed by atoms with E-state index in [1.165, 1.54) is 0 Å². The van der Waals surface area contributed by atoms with Crippen molar-refractivity contribution in [1.82, 2.24) is 24.6 Å². The van der Waals surface area contributed by atoms with Gasteiger partial charge in [0.1, 0.15) is 17.7 Å². The van der Waals surface area contributed by atoms with E-state index >= 15 is 0 Å². The molecule has 11 heteroatoms. The summed E-state index contributed by atoms with van der Waals surface area (Å²) in [6.07, 6.45) is 0.522. The van der Waals surface area contributed by atoms with E-state index in [4.69, 9.17) is 0 Å². The number of hydrogen-bond donors (Lipinski definition) is 2. The number of rotatable bonds is 7. The molecule has 0 aliphatic carbocycles. The Hall–Kier alpha value is -2.69. The molecule has 0 radical (unpaired) electrons. The number of nitrogens with one attached hydrogen (secondary N) is 2. The normalized spacial score (nSPS) is 16.0. The molecule has 0 bridgehead atoms. The lowest BCUT2D eigenvalue weighted by molar-refractivity contribution is -0.137. The Labute approximate surface area is 166 Å². The van der Waals surface area contributed by atoms with Crippen LogP contribution in [0.15, 0.2) is 12.4 Å². The van der Waals surface area contributed by atoms with E-state index in [0.717, 1.165) is 44.1 Å². The van der Waals surface area contributed by atoms with Gasteiger partial charge in [-0.2, -0.15) is 23.3 Å². The number of piperidine rings is 1. The van der Waals surface area contributed by atoms with Crippen LogP contribution in [-0.2, 0) is 11.0 Å². The molecule has 158 valence electrons. The Morgan fingerprint density at radius 2 is 2.00 bits per heavy atom. The van der Waals surface area contributed by atoms with E-state index in [1.807, 2.05) is 11.6 Å². The molecule has 8 nitrogen and oxygen atoms in total. The molecule has 0 spiro atoms. The van der Waals surface area contributed by atoms with Gasteiger partial charge in [0.15, 0.2) is 0 Å². The molecule has 2 aromatic heterocycles. The van der Waals surface area contributed by atoms with Gasteiger partial charge in [0, 0.05) is 25.8 Å². The van der Waals surface area contributed by atoms with Crippen LogP contribution in [0.2, 0.25) is 0 Å². The summed E-state index contributed by atoms with van der Waals surface area (Å²) in [7, 11) is 0. The first-order chi connectivity index (χ1) is 13.8. The first-order valence-corrected chi connectivity index (χ1v) is 9.48. The number of anilines is 3. The van der Waals surface area contributed by atoms with Crippen LogP contribution in [0.1, 0.15) is 37.1 Å². The zero-order valence-corrected chi connectivity index (χ0v) is 16.3. The number of carbonyl (C=O) groups is 1. The average molecular weight is 411 g/mol. The number of aldehydes is 1. The second kappa shape index (κ2) is 8.76. The fourth-order valence-corrected chi connectivity index (χ4v) is 3.44. The lowest BCUT2D eigenvalue weighted by atomic mass is 10.1. The molecule has 2 aromatic rings. The van der Waals surface area contributed by atoms with Crippen molar-refractivity contribution in [3.63, 3.8) is 0 Å². The molecule has 0 unspecified atom stereocenters. The molecule has 1 aliphatic rings. The second-order valence-electron chi connectivity index (χ2n) is 6.90. The maximum atomic E-state index is 13.1. The summed E-state index contributed by atoms with van der Waals surface area (Å²) in [5.74, 6) is -0.192. The van der Waals surface area contributed by atoms with E-state index in [1.54, 1.807) is 13.1 Å². The molecule has 0 aromatic carbocycles. The lowest BCUT2D eigenvalue weighted by Crippen LogP contribution is -2.36.